The van der Waals surface area contributed by atoms with Crippen molar-refractivity contribution in [2.24, 2.45) is 0 Å². The molecule has 0 heterocycles. The maximum Gasteiger partial charge on any atom is 0.160 e. The second kappa shape index (κ2) is 9.09. The fourth-order valence-electron chi connectivity index (χ4n) is 3.51. The van der Waals surface area contributed by atoms with Gasteiger partial charge in [-0.2, -0.15) is 0 Å². The normalized spacial score (nSPS) is 11.7. The second-order valence-corrected chi connectivity index (χ2v) is 9.85. The van der Waals surface area contributed by atoms with Crippen LogP contribution in [0.15, 0.2) is 91.0 Å². The van der Waals surface area contributed by atoms with Gasteiger partial charge in [0.1, 0.15) is 23.2 Å². The van der Waals surface area contributed by atoms with Crippen LogP contribution in [0.25, 0.3) is 0 Å². The van der Waals surface area contributed by atoms with E-state index in [-0.39, 0.29) is 6.29 Å². The molecule has 0 aromatic heterocycles. The van der Waals surface area contributed by atoms with Crippen LogP contribution in [0.1, 0.15) is 6.42 Å². The fraction of sp³-hybridized carbons (Fsp3) is 0.217. The van der Waals surface area contributed by atoms with Gasteiger partial charge in [-0.05, 0) is 36.4 Å². The molecule has 3 heteroatoms. The van der Waals surface area contributed by atoms with E-state index in [1.54, 1.807) is 14.2 Å². The molecule has 0 amide bonds. The van der Waals surface area contributed by atoms with Gasteiger partial charge in [-0.1, -0.05) is 54.6 Å². The molecule has 0 atom stereocenters. The predicted molar refractivity (Wildman–Crippen MR) is 112 cm³/mol. The van der Waals surface area contributed by atoms with Crippen molar-refractivity contribution in [2.45, 2.75) is 12.7 Å². The topological polar surface area (TPSA) is 18.5 Å². The molecule has 0 aliphatic carbocycles. The van der Waals surface area contributed by atoms with Crippen molar-refractivity contribution in [3.63, 3.8) is 0 Å². The molecule has 134 valence electrons. The Bertz CT molecular complexity index is 674. The zero-order valence-corrected chi connectivity index (χ0v) is 16.3. The van der Waals surface area contributed by atoms with Crippen LogP contribution in [0.4, 0.5) is 0 Å². The first kappa shape index (κ1) is 18.8. The predicted octanol–water partition coefficient (Wildman–Crippen LogP) is 3.99. The monoisotopic (exact) mass is 365 g/mol. The Morgan fingerprint density at radius 1 is 0.615 bits per heavy atom. The lowest BCUT2D eigenvalue weighted by molar-refractivity contribution is -0.102. The summed E-state index contributed by atoms with van der Waals surface area (Å²) in [7, 11) is 1.63. The summed E-state index contributed by atoms with van der Waals surface area (Å²) in [4.78, 5) is 0. The summed E-state index contributed by atoms with van der Waals surface area (Å²) in [5.41, 5.74) is 0. The lowest BCUT2D eigenvalue weighted by Gasteiger charge is -2.28. The van der Waals surface area contributed by atoms with Crippen molar-refractivity contribution in [1.82, 2.24) is 0 Å². The standard InChI is InChI=1S/C23H26O2P/c1-24-23(25-2)18-19-26(20-12-6-3-7-13-20,21-14-8-4-9-15-21)22-16-10-5-11-17-22/h3-17,23H,18-19H2,1-2H3/q+1. The van der Waals surface area contributed by atoms with Crippen LogP contribution in [0.2, 0.25) is 0 Å². The number of methoxy groups -OCH3 is 2. The average molecular weight is 365 g/mol. The molecule has 0 N–H and O–H groups in total. The van der Waals surface area contributed by atoms with Crippen LogP contribution < -0.4 is 15.9 Å². The van der Waals surface area contributed by atoms with E-state index in [1.165, 1.54) is 15.9 Å². The number of ether oxygens (including phenoxy) is 2. The summed E-state index contributed by atoms with van der Waals surface area (Å²) in [5, 5.41) is 4.18. The summed E-state index contributed by atoms with van der Waals surface area (Å²) in [6, 6.07) is 32.7. The molecule has 3 aromatic rings. The Balaban J connectivity index is 2.18. The summed E-state index contributed by atoms with van der Waals surface area (Å²) in [6.07, 6.45) is 1.65. The van der Waals surface area contributed by atoms with Gasteiger partial charge < -0.3 is 9.47 Å². The van der Waals surface area contributed by atoms with Crippen molar-refractivity contribution in [3.05, 3.63) is 91.0 Å². The van der Waals surface area contributed by atoms with E-state index >= 15 is 0 Å². The zero-order chi connectivity index (χ0) is 18.2. The molecule has 3 rings (SSSR count). The van der Waals surface area contributed by atoms with Gasteiger partial charge in [0.2, 0.25) is 0 Å². The molecule has 0 saturated heterocycles. The van der Waals surface area contributed by atoms with Gasteiger partial charge in [0.25, 0.3) is 0 Å². The number of hydrogen-bond acceptors (Lipinski definition) is 2. The van der Waals surface area contributed by atoms with Crippen molar-refractivity contribution < 1.29 is 9.47 Å². The van der Waals surface area contributed by atoms with Gasteiger partial charge in [0.15, 0.2) is 6.29 Å². The molecule has 2 nitrogen and oxygen atoms in total. The van der Waals surface area contributed by atoms with E-state index < -0.39 is 7.26 Å². The van der Waals surface area contributed by atoms with Crippen LogP contribution in [0, 0.1) is 0 Å². The molecule has 0 aliphatic rings. The maximum atomic E-state index is 5.50. The third-order valence-electron chi connectivity index (χ3n) is 4.82. The SMILES string of the molecule is COC(CC[P+](c1ccccc1)(c1ccccc1)c1ccccc1)OC. The summed E-state index contributed by atoms with van der Waals surface area (Å²) in [6.45, 7) is 0. The summed E-state index contributed by atoms with van der Waals surface area (Å²) >= 11 is 0. The smallest absolute Gasteiger partial charge is 0.160 e. The van der Waals surface area contributed by atoms with E-state index in [2.05, 4.69) is 91.0 Å². The van der Waals surface area contributed by atoms with Gasteiger partial charge >= 0.3 is 0 Å². The minimum Gasteiger partial charge on any atom is -0.356 e. The van der Waals surface area contributed by atoms with E-state index in [4.69, 9.17) is 9.47 Å². The van der Waals surface area contributed by atoms with Gasteiger partial charge in [0.05, 0.1) is 6.16 Å². The van der Waals surface area contributed by atoms with E-state index in [1.807, 2.05) is 0 Å². The Morgan fingerprint density at radius 3 is 1.27 bits per heavy atom. The molecule has 0 bridgehead atoms. The van der Waals surface area contributed by atoms with Gasteiger partial charge in [-0.3, -0.25) is 0 Å². The first-order valence-corrected chi connectivity index (χ1v) is 10.9. The Kier molecular flexibility index (Phi) is 6.57. The number of hydrogen-bond donors (Lipinski definition) is 0. The first-order chi connectivity index (χ1) is 12.8. The van der Waals surface area contributed by atoms with E-state index in [9.17, 15) is 0 Å². The summed E-state index contributed by atoms with van der Waals surface area (Å²) < 4.78 is 11.0. The van der Waals surface area contributed by atoms with Crippen LogP contribution >= 0.6 is 7.26 Å². The third kappa shape index (κ3) is 3.88. The van der Waals surface area contributed by atoms with Crippen LogP contribution in [-0.4, -0.2) is 26.7 Å². The van der Waals surface area contributed by atoms with Crippen LogP contribution in [0.5, 0.6) is 0 Å². The zero-order valence-electron chi connectivity index (χ0n) is 15.4. The largest absolute Gasteiger partial charge is 0.356 e. The molecular weight excluding hydrogens is 339 g/mol. The van der Waals surface area contributed by atoms with Gasteiger partial charge in [-0.25, -0.2) is 0 Å². The molecule has 26 heavy (non-hydrogen) atoms. The molecule has 3 aromatic carbocycles. The summed E-state index contributed by atoms with van der Waals surface area (Å²) in [5.74, 6) is 0. The minimum atomic E-state index is -1.79. The minimum absolute atomic E-state index is 0.189. The Morgan fingerprint density at radius 2 is 0.962 bits per heavy atom. The van der Waals surface area contributed by atoms with E-state index in [0.29, 0.717) is 0 Å². The highest BCUT2D eigenvalue weighted by molar-refractivity contribution is 7.95. The molecule has 0 spiro atoms. The molecule has 0 saturated carbocycles. The molecular formula is C23H26O2P+. The highest BCUT2D eigenvalue weighted by Crippen LogP contribution is 2.55. The van der Waals surface area contributed by atoms with Crippen molar-refractivity contribution >= 4 is 23.2 Å². The highest BCUT2D eigenvalue weighted by Gasteiger charge is 2.45. The molecule has 0 fully saturated rings. The second-order valence-electron chi connectivity index (χ2n) is 6.23. The fourth-order valence-corrected chi connectivity index (χ4v) is 7.82. The Labute approximate surface area is 157 Å². The number of rotatable bonds is 8. The quantitative estimate of drug-likeness (QED) is 0.444. The van der Waals surface area contributed by atoms with Gasteiger partial charge in [0, 0.05) is 20.6 Å². The molecule has 0 aliphatic heterocycles. The number of benzene rings is 3. The van der Waals surface area contributed by atoms with Gasteiger partial charge in [-0.15, -0.1) is 0 Å². The van der Waals surface area contributed by atoms with E-state index in [0.717, 1.165) is 12.6 Å². The van der Waals surface area contributed by atoms with Crippen LogP contribution in [0.3, 0.4) is 0 Å². The molecule has 0 radical (unpaired) electrons. The lowest BCUT2D eigenvalue weighted by Crippen LogP contribution is -2.34. The van der Waals surface area contributed by atoms with Crippen LogP contribution in [-0.2, 0) is 9.47 Å². The lowest BCUT2D eigenvalue weighted by atomic mass is 10.3. The average Bonchev–Trinajstić information content (AvgIpc) is 2.74. The first-order valence-electron chi connectivity index (χ1n) is 8.92. The highest BCUT2D eigenvalue weighted by atomic mass is 31.2. The Hall–Kier alpha value is -1.99. The maximum absolute atomic E-state index is 5.50. The third-order valence-corrected chi connectivity index (χ3v) is 9.28. The molecule has 0 unspecified atom stereocenters. The van der Waals surface area contributed by atoms with Crippen molar-refractivity contribution in [1.29, 1.82) is 0 Å². The van der Waals surface area contributed by atoms with Crippen molar-refractivity contribution in [3.8, 4) is 0 Å². The van der Waals surface area contributed by atoms with Crippen molar-refractivity contribution in [2.75, 3.05) is 20.4 Å².